The first-order valence-corrected chi connectivity index (χ1v) is 7.26. The number of amidine groups is 1. The molecule has 0 saturated heterocycles. The molecule has 0 aromatic carbocycles. The largest absolute Gasteiger partial charge is 0.477 e. The molecule has 1 rings (SSSR count). The van der Waals surface area contributed by atoms with E-state index in [2.05, 4.69) is 17.2 Å². The summed E-state index contributed by atoms with van der Waals surface area (Å²) in [6.45, 7) is 4.64. The Morgan fingerprint density at radius 3 is 2.60 bits per heavy atom. The second-order valence-corrected chi connectivity index (χ2v) is 4.99. The summed E-state index contributed by atoms with van der Waals surface area (Å²) in [6.07, 6.45) is 7.26. The summed E-state index contributed by atoms with van der Waals surface area (Å²) in [5, 5.41) is 16.1. The number of oxime groups is 1. The molecule has 0 bridgehead atoms. The first-order chi connectivity index (χ1) is 9.61. The van der Waals surface area contributed by atoms with Gasteiger partial charge in [-0.15, -0.1) is 0 Å². The van der Waals surface area contributed by atoms with E-state index in [1.54, 1.807) is 11.7 Å². The minimum atomic E-state index is 0.0357. The molecule has 1 heterocycles. The normalized spacial score (nSPS) is 11.8. The van der Waals surface area contributed by atoms with Crippen molar-refractivity contribution in [2.24, 2.45) is 17.9 Å². The van der Waals surface area contributed by atoms with E-state index >= 15 is 0 Å². The maximum Gasteiger partial charge on any atom is 0.223 e. The molecule has 1 aromatic rings. The minimum absolute atomic E-state index is 0.0357. The third-order valence-corrected chi connectivity index (χ3v) is 3.27. The topological polar surface area (TPSA) is 85.7 Å². The van der Waals surface area contributed by atoms with E-state index in [0.29, 0.717) is 23.7 Å². The zero-order chi connectivity index (χ0) is 15.0. The summed E-state index contributed by atoms with van der Waals surface area (Å²) in [5.74, 6) is 0.597. The Hall–Kier alpha value is -1.72. The molecule has 0 spiro atoms. The van der Waals surface area contributed by atoms with Crippen LogP contribution in [0.25, 0.3) is 0 Å². The summed E-state index contributed by atoms with van der Waals surface area (Å²) in [7, 11) is 1.79. The third kappa shape index (κ3) is 4.43. The van der Waals surface area contributed by atoms with Crippen LogP contribution in [0.15, 0.2) is 5.16 Å². The van der Waals surface area contributed by atoms with E-state index in [4.69, 9.17) is 15.7 Å². The predicted molar refractivity (Wildman–Crippen MR) is 79.3 cm³/mol. The molecule has 0 radical (unpaired) electrons. The molecule has 0 aliphatic heterocycles. The van der Waals surface area contributed by atoms with Crippen molar-refractivity contribution in [3.05, 3.63) is 11.3 Å². The van der Waals surface area contributed by atoms with Crippen molar-refractivity contribution in [1.82, 2.24) is 9.78 Å². The Bertz CT molecular complexity index is 441. The van der Waals surface area contributed by atoms with Crippen molar-refractivity contribution in [2.75, 3.05) is 6.61 Å². The highest BCUT2D eigenvalue weighted by atomic mass is 16.5. The summed E-state index contributed by atoms with van der Waals surface area (Å²) in [5.41, 5.74) is 6.93. The highest BCUT2D eigenvalue weighted by Crippen LogP contribution is 2.21. The van der Waals surface area contributed by atoms with Crippen LogP contribution in [0.2, 0.25) is 0 Å². The highest BCUT2D eigenvalue weighted by molar-refractivity contribution is 6.00. The van der Waals surface area contributed by atoms with E-state index in [0.717, 1.165) is 12.8 Å². The van der Waals surface area contributed by atoms with Crippen LogP contribution in [0.1, 0.15) is 56.7 Å². The molecule has 20 heavy (non-hydrogen) atoms. The van der Waals surface area contributed by atoms with Crippen LogP contribution in [-0.4, -0.2) is 27.4 Å². The number of rotatable bonds is 9. The van der Waals surface area contributed by atoms with E-state index in [9.17, 15) is 0 Å². The molecule has 0 atom stereocenters. The monoisotopic (exact) mass is 282 g/mol. The van der Waals surface area contributed by atoms with E-state index in [1.807, 2.05) is 6.92 Å². The molecule has 6 heteroatoms. The second kappa shape index (κ2) is 8.45. The molecule has 0 aliphatic carbocycles. The lowest BCUT2D eigenvalue weighted by molar-refractivity contribution is 0.278. The van der Waals surface area contributed by atoms with Gasteiger partial charge in [-0.05, 0) is 13.3 Å². The van der Waals surface area contributed by atoms with Crippen molar-refractivity contribution in [3.8, 4) is 5.88 Å². The van der Waals surface area contributed by atoms with Crippen molar-refractivity contribution >= 4 is 5.84 Å². The van der Waals surface area contributed by atoms with Gasteiger partial charge in [-0.1, -0.05) is 44.2 Å². The quantitative estimate of drug-likeness (QED) is 0.240. The molecule has 0 fully saturated rings. The van der Waals surface area contributed by atoms with Gasteiger partial charge in [0.1, 0.15) is 5.56 Å². The van der Waals surface area contributed by atoms with Gasteiger partial charge in [0.15, 0.2) is 5.84 Å². The van der Waals surface area contributed by atoms with Crippen LogP contribution in [0.4, 0.5) is 0 Å². The number of nitrogens with two attached hydrogens (primary N) is 1. The van der Waals surface area contributed by atoms with Gasteiger partial charge in [0.25, 0.3) is 0 Å². The van der Waals surface area contributed by atoms with Crippen LogP contribution in [-0.2, 0) is 7.05 Å². The smallest absolute Gasteiger partial charge is 0.223 e. The van der Waals surface area contributed by atoms with Gasteiger partial charge in [0, 0.05) is 7.05 Å². The number of aryl methyl sites for hydroxylation is 2. The molecule has 3 N–H and O–H groups in total. The molecular weight excluding hydrogens is 256 g/mol. The number of aromatic nitrogens is 2. The number of hydrogen-bond donors (Lipinski definition) is 2. The third-order valence-electron chi connectivity index (χ3n) is 3.27. The maximum atomic E-state index is 8.81. The lowest BCUT2D eigenvalue weighted by Crippen LogP contribution is -2.16. The van der Waals surface area contributed by atoms with Crippen molar-refractivity contribution in [1.29, 1.82) is 0 Å². The van der Waals surface area contributed by atoms with E-state index < -0.39 is 0 Å². The zero-order valence-electron chi connectivity index (χ0n) is 12.7. The molecule has 1 aromatic heterocycles. The van der Waals surface area contributed by atoms with Gasteiger partial charge in [0.05, 0.1) is 12.3 Å². The average Bonchev–Trinajstić information content (AvgIpc) is 2.71. The van der Waals surface area contributed by atoms with Crippen molar-refractivity contribution in [3.63, 3.8) is 0 Å². The fraction of sp³-hybridized carbons (Fsp3) is 0.714. The van der Waals surface area contributed by atoms with Gasteiger partial charge in [-0.2, -0.15) is 5.10 Å². The maximum absolute atomic E-state index is 8.81. The van der Waals surface area contributed by atoms with Gasteiger partial charge in [-0.3, -0.25) is 0 Å². The number of nitrogens with zero attached hydrogens (tertiary/aromatic N) is 3. The number of unbranched alkanes of at least 4 members (excludes halogenated alkanes) is 5. The molecule has 6 nitrogen and oxygen atoms in total. The Morgan fingerprint density at radius 2 is 1.95 bits per heavy atom. The first-order valence-electron chi connectivity index (χ1n) is 7.26. The molecule has 0 saturated carbocycles. The number of hydrogen-bond acceptors (Lipinski definition) is 4. The zero-order valence-corrected chi connectivity index (χ0v) is 12.7. The Balaban J connectivity index is 2.48. The molecule has 0 aliphatic rings. The Kier molecular flexibility index (Phi) is 6.90. The highest BCUT2D eigenvalue weighted by Gasteiger charge is 2.18. The number of ether oxygens (including phenoxy) is 1. The molecular formula is C14H26N4O2. The van der Waals surface area contributed by atoms with Crippen LogP contribution >= 0.6 is 0 Å². The summed E-state index contributed by atoms with van der Waals surface area (Å²) >= 11 is 0. The average molecular weight is 282 g/mol. The lowest BCUT2D eigenvalue weighted by Gasteiger charge is -2.08. The fourth-order valence-electron chi connectivity index (χ4n) is 2.20. The van der Waals surface area contributed by atoms with Gasteiger partial charge >= 0.3 is 0 Å². The molecule has 114 valence electrons. The second-order valence-electron chi connectivity index (χ2n) is 4.99. The van der Waals surface area contributed by atoms with E-state index in [-0.39, 0.29) is 5.84 Å². The molecule has 0 amide bonds. The summed E-state index contributed by atoms with van der Waals surface area (Å²) in [4.78, 5) is 0. The van der Waals surface area contributed by atoms with Gasteiger partial charge < -0.3 is 15.7 Å². The minimum Gasteiger partial charge on any atom is -0.477 e. The van der Waals surface area contributed by atoms with E-state index in [1.165, 1.54) is 25.7 Å². The van der Waals surface area contributed by atoms with Crippen molar-refractivity contribution in [2.45, 2.75) is 52.4 Å². The lowest BCUT2D eigenvalue weighted by atomic mass is 10.1. The van der Waals surface area contributed by atoms with Crippen LogP contribution in [0.5, 0.6) is 5.88 Å². The van der Waals surface area contributed by atoms with Crippen LogP contribution < -0.4 is 10.5 Å². The fourth-order valence-corrected chi connectivity index (χ4v) is 2.20. The van der Waals surface area contributed by atoms with Gasteiger partial charge in [0.2, 0.25) is 5.88 Å². The summed E-state index contributed by atoms with van der Waals surface area (Å²) < 4.78 is 7.37. The van der Waals surface area contributed by atoms with Crippen molar-refractivity contribution < 1.29 is 9.94 Å². The molecule has 0 unspecified atom stereocenters. The standard InChI is InChI=1S/C14H26N4O2/c1-4-5-6-7-8-9-10-20-14-12(13(15)17-19)11(2)16-18(14)3/h19H,4-10H2,1-3H3,(H2,15,17). The Morgan fingerprint density at radius 1 is 1.30 bits per heavy atom. The van der Waals surface area contributed by atoms with Gasteiger partial charge in [-0.25, -0.2) is 4.68 Å². The summed E-state index contributed by atoms with van der Waals surface area (Å²) in [6, 6.07) is 0. The Labute approximate surface area is 120 Å². The SMILES string of the molecule is CCCCCCCCOc1c(C(N)=NO)c(C)nn1C. The van der Waals surface area contributed by atoms with Crippen LogP contribution in [0.3, 0.4) is 0 Å². The van der Waals surface area contributed by atoms with Crippen LogP contribution in [0, 0.1) is 6.92 Å². The predicted octanol–water partition coefficient (Wildman–Crippen LogP) is 2.56. The first kappa shape index (κ1) is 16.3.